The third-order valence-corrected chi connectivity index (χ3v) is 3.35. The zero-order chi connectivity index (χ0) is 16.9. The van der Waals surface area contributed by atoms with Crippen molar-refractivity contribution in [2.75, 3.05) is 13.2 Å². The number of nitrogens with one attached hydrogen (secondary N) is 1. The van der Waals surface area contributed by atoms with Crippen LogP contribution in [0.1, 0.15) is 16.3 Å². The van der Waals surface area contributed by atoms with Gasteiger partial charge in [-0.05, 0) is 19.1 Å². The first-order chi connectivity index (χ1) is 11.6. The monoisotopic (exact) mass is 324 g/mol. The summed E-state index contributed by atoms with van der Waals surface area (Å²) in [4.78, 5) is 27.6. The number of fused-ring (bicyclic) bond motifs is 1. The molecule has 24 heavy (non-hydrogen) atoms. The van der Waals surface area contributed by atoms with Crippen LogP contribution in [0, 0.1) is 6.92 Å². The fourth-order valence-corrected chi connectivity index (χ4v) is 2.32. The van der Waals surface area contributed by atoms with Crippen molar-refractivity contribution >= 4 is 16.8 Å². The average molecular weight is 324 g/mol. The fourth-order valence-electron chi connectivity index (χ4n) is 2.32. The van der Waals surface area contributed by atoms with Gasteiger partial charge in [0.2, 0.25) is 0 Å². The standard InChI is InChI=1S/C18H16N2O4/c1-12-10-14(21)11-16(24-12)18(22)20-8-9-23-15-6-2-4-13-5-3-7-19-17(13)15/h2-7,10-11H,8-9H2,1H3,(H,20,22). The number of rotatable bonds is 5. The molecule has 0 saturated carbocycles. The number of aryl methyl sites for hydroxylation is 1. The van der Waals surface area contributed by atoms with Gasteiger partial charge in [-0.3, -0.25) is 14.6 Å². The molecule has 2 aromatic heterocycles. The third-order valence-electron chi connectivity index (χ3n) is 3.35. The Kier molecular flexibility index (Phi) is 4.56. The van der Waals surface area contributed by atoms with Crippen LogP contribution in [0.3, 0.4) is 0 Å². The van der Waals surface area contributed by atoms with E-state index in [1.807, 2.05) is 30.3 Å². The van der Waals surface area contributed by atoms with E-state index < -0.39 is 5.91 Å². The molecule has 1 N–H and O–H groups in total. The maximum Gasteiger partial charge on any atom is 0.287 e. The highest BCUT2D eigenvalue weighted by atomic mass is 16.5. The summed E-state index contributed by atoms with van der Waals surface area (Å²) >= 11 is 0. The maximum atomic E-state index is 12.0. The number of nitrogens with zero attached hydrogens (tertiary/aromatic N) is 1. The normalized spacial score (nSPS) is 10.5. The average Bonchev–Trinajstić information content (AvgIpc) is 2.57. The summed E-state index contributed by atoms with van der Waals surface area (Å²) in [5, 5.41) is 3.64. The van der Waals surface area contributed by atoms with Crippen LogP contribution in [0.4, 0.5) is 0 Å². The molecule has 1 amide bonds. The van der Waals surface area contributed by atoms with Crippen LogP contribution >= 0.6 is 0 Å². The number of amides is 1. The lowest BCUT2D eigenvalue weighted by atomic mass is 10.2. The number of aromatic nitrogens is 1. The lowest BCUT2D eigenvalue weighted by Gasteiger charge is -2.09. The van der Waals surface area contributed by atoms with Gasteiger partial charge in [-0.25, -0.2) is 0 Å². The molecule has 0 aliphatic heterocycles. The summed E-state index contributed by atoms with van der Waals surface area (Å²) in [6.45, 7) is 2.17. The molecule has 0 fully saturated rings. The van der Waals surface area contributed by atoms with E-state index in [0.717, 1.165) is 17.0 Å². The van der Waals surface area contributed by atoms with Gasteiger partial charge in [0.15, 0.2) is 11.2 Å². The maximum absolute atomic E-state index is 12.0. The van der Waals surface area contributed by atoms with Gasteiger partial charge >= 0.3 is 0 Å². The van der Waals surface area contributed by atoms with Gasteiger partial charge in [-0.15, -0.1) is 0 Å². The van der Waals surface area contributed by atoms with Gasteiger partial charge in [-0.1, -0.05) is 18.2 Å². The smallest absolute Gasteiger partial charge is 0.287 e. The highest BCUT2D eigenvalue weighted by molar-refractivity contribution is 5.91. The second-order valence-corrected chi connectivity index (χ2v) is 5.20. The first-order valence-electron chi connectivity index (χ1n) is 7.50. The molecule has 2 heterocycles. The number of carbonyl (C=O) groups is 1. The molecule has 0 bridgehead atoms. The zero-order valence-electron chi connectivity index (χ0n) is 13.1. The van der Waals surface area contributed by atoms with Crippen molar-refractivity contribution in [3.63, 3.8) is 0 Å². The minimum atomic E-state index is -0.449. The SMILES string of the molecule is Cc1cc(=O)cc(C(=O)NCCOc2cccc3cccnc23)o1. The van der Waals surface area contributed by atoms with E-state index in [1.54, 1.807) is 13.1 Å². The molecule has 0 aliphatic rings. The van der Waals surface area contributed by atoms with Crippen LogP contribution in [0.5, 0.6) is 5.75 Å². The Morgan fingerprint density at radius 1 is 1.25 bits per heavy atom. The van der Waals surface area contributed by atoms with Crippen LogP contribution in [-0.4, -0.2) is 24.0 Å². The second kappa shape index (κ2) is 6.95. The quantitative estimate of drug-likeness (QED) is 0.728. The summed E-state index contributed by atoms with van der Waals surface area (Å²) < 4.78 is 10.9. The first-order valence-corrected chi connectivity index (χ1v) is 7.50. The van der Waals surface area contributed by atoms with E-state index in [0.29, 0.717) is 11.5 Å². The van der Waals surface area contributed by atoms with Crippen molar-refractivity contribution in [3.05, 3.63) is 70.4 Å². The van der Waals surface area contributed by atoms with Gasteiger partial charge in [-0.2, -0.15) is 0 Å². The molecule has 0 spiro atoms. The third kappa shape index (κ3) is 3.60. The predicted octanol–water partition coefficient (Wildman–Crippen LogP) is 2.31. The van der Waals surface area contributed by atoms with Gasteiger partial charge in [0.1, 0.15) is 23.6 Å². The van der Waals surface area contributed by atoms with Crippen molar-refractivity contribution < 1.29 is 13.9 Å². The number of ether oxygens (including phenoxy) is 1. The predicted molar refractivity (Wildman–Crippen MR) is 89.3 cm³/mol. The molecular formula is C18H16N2O4. The van der Waals surface area contributed by atoms with E-state index >= 15 is 0 Å². The van der Waals surface area contributed by atoms with Crippen molar-refractivity contribution in [1.82, 2.24) is 10.3 Å². The summed E-state index contributed by atoms with van der Waals surface area (Å²) in [6.07, 6.45) is 1.71. The highest BCUT2D eigenvalue weighted by Crippen LogP contribution is 2.22. The zero-order valence-corrected chi connectivity index (χ0v) is 13.1. The topological polar surface area (TPSA) is 81.4 Å². The van der Waals surface area contributed by atoms with Gasteiger partial charge in [0.05, 0.1) is 6.54 Å². The van der Waals surface area contributed by atoms with Crippen molar-refractivity contribution in [2.24, 2.45) is 0 Å². The van der Waals surface area contributed by atoms with Crippen molar-refractivity contribution in [2.45, 2.75) is 6.92 Å². The largest absolute Gasteiger partial charge is 0.489 e. The molecule has 3 aromatic rings. The lowest BCUT2D eigenvalue weighted by Crippen LogP contribution is -2.28. The van der Waals surface area contributed by atoms with E-state index in [1.165, 1.54) is 6.07 Å². The van der Waals surface area contributed by atoms with Crippen LogP contribution < -0.4 is 15.5 Å². The van der Waals surface area contributed by atoms with Crippen LogP contribution in [-0.2, 0) is 0 Å². The van der Waals surface area contributed by atoms with E-state index in [4.69, 9.17) is 9.15 Å². The minimum Gasteiger partial charge on any atom is -0.489 e. The Bertz CT molecular complexity index is 928. The Labute approximate surface area is 138 Å². The molecular weight excluding hydrogens is 308 g/mol. The summed E-state index contributed by atoms with van der Waals surface area (Å²) in [6, 6.07) is 12.0. The van der Waals surface area contributed by atoms with Crippen molar-refractivity contribution in [1.29, 1.82) is 0 Å². The van der Waals surface area contributed by atoms with Gasteiger partial charge < -0.3 is 14.5 Å². The minimum absolute atomic E-state index is 0.00757. The van der Waals surface area contributed by atoms with Crippen molar-refractivity contribution in [3.8, 4) is 5.75 Å². The lowest BCUT2D eigenvalue weighted by molar-refractivity contribution is 0.0915. The Morgan fingerprint density at radius 3 is 2.92 bits per heavy atom. The van der Waals surface area contributed by atoms with Crippen LogP contribution in [0.15, 0.2) is 57.9 Å². The number of carbonyl (C=O) groups excluding carboxylic acids is 1. The Balaban J connectivity index is 1.58. The van der Waals surface area contributed by atoms with Crippen LogP contribution in [0.2, 0.25) is 0 Å². The fraction of sp³-hybridized carbons (Fsp3) is 0.167. The van der Waals surface area contributed by atoms with Gasteiger partial charge in [0, 0.05) is 23.7 Å². The summed E-state index contributed by atoms with van der Waals surface area (Å²) in [5.74, 6) is 0.595. The molecule has 0 atom stereocenters. The van der Waals surface area contributed by atoms with E-state index in [9.17, 15) is 9.59 Å². The number of benzene rings is 1. The number of hydrogen-bond donors (Lipinski definition) is 1. The molecule has 6 heteroatoms. The highest BCUT2D eigenvalue weighted by Gasteiger charge is 2.10. The molecule has 1 aromatic carbocycles. The molecule has 0 aliphatic carbocycles. The summed E-state index contributed by atoms with van der Waals surface area (Å²) in [7, 11) is 0. The molecule has 3 rings (SSSR count). The number of para-hydroxylation sites is 1. The van der Waals surface area contributed by atoms with E-state index in [-0.39, 0.29) is 24.3 Å². The molecule has 122 valence electrons. The van der Waals surface area contributed by atoms with E-state index in [2.05, 4.69) is 10.3 Å². The molecule has 6 nitrogen and oxygen atoms in total. The number of pyridine rings is 1. The molecule has 0 radical (unpaired) electrons. The molecule has 0 saturated heterocycles. The van der Waals surface area contributed by atoms with Gasteiger partial charge in [0.25, 0.3) is 5.91 Å². The second-order valence-electron chi connectivity index (χ2n) is 5.20. The molecule has 0 unspecified atom stereocenters. The van der Waals surface area contributed by atoms with Crippen LogP contribution in [0.25, 0.3) is 10.9 Å². The summed E-state index contributed by atoms with van der Waals surface area (Å²) in [5.41, 5.74) is 0.512. The Morgan fingerprint density at radius 2 is 2.08 bits per heavy atom. The first kappa shape index (κ1) is 15.7. The number of hydrogen-bond acceptors (Lipinski definition) is 5. The Hall–Kier alpha value is -3.15.